The lowest BCUT2D eigenvalue weighted by molar-refractivity contribution is -0.131. The maximum absolute atomic E-state index is 12.6. The van der Waals surface area contributed by atoms with Crippen molar-refractivity contribution in [3.8, 4) is 11.5 Å². The number of nitrogens with zero attached hydrogens (tertiary/aromatic N) is 1. The maximum Gasteiger partial charge on any atom is 0.325 e. The minimum absolute atomic E-state index is 0.0139. The number of nitrogens with one attached hydrogen (secondary N) is 2. The minimum Gasteiger partial charge on any atom is -0.490 e. The fourth-order valence-electron chi connectivity index (χ4n) is 3.90. The van der Waals surface area contributed by atoms with Gasteiger partial charge in [-0.1, -0.05) is 24.4 Å². The highest BCUT2D eigenvalue weighted by Gasteiger charge is 2.52. The van der Waals surface area contributed by atoms with Crippen molar-refractivity contribution in [1.82, 2.24) is 10.2 Å². The molecule has 2 N–H and O–H groups in total. The van der Waals surface area contributed by atoms with Crippen LogP contribution in [-0.4, -0.2) is 48.0 Å². The van der Waals surface area contributed by atoms with Crippen LogP contribution in [0.15, 0.2) is 12.1 Å². The molecule has 1 aliphatic carbocycles. The number of ether oxygens (including phenoxy) is 2. The zero-order valence-electron chi connectivity index (χ0n) is 15.4. The van der Waals surface area contributed by atoms with Crippen molar-refractivity contribution < 1.29 is 23.9 Å². The van der Waals surface area contributed by atoms with Crippen LogP contribution >= 0.6 is 11.6 Å². The van der Waals surface area contributed by atoms with E-state index < -0.39 is 11.6 Å². The van der Waals surface area contributed by atoms with Crippen molar-refractivity contribution in [2.45, 2.75) is 44.1 Å². The van der Waals surface area contributed by atoms with Gasteiger partial charge in [-0.15, -0.1) is 0 Å². The molecule has 0 atom stereocenters. The zero-order valence-corrected chi connectivity index (χ0v) is 16.1. The summed E-state index contributed by atoms with van der Waals surface area (Å²) in [4.78, 5) is 38.3. The molecule has 1 aromatic rings. The summed E-state index contributed by atoms with van der Waals surface area (Å²) in [6.45, 7) is 1.10. The van der Waals surface area contributed by atoms with Crippen LogP contribution in [0.5, 0.6) is 11.5 Å². The van der Waals surface area contributed by atoms with Gasteiger partial charge in [0.05, 0.1) is 23.9 Å². The SMILES string of the molecule is O=C(CCN1C(=O)NC2(CCCC2)C1=O)Nc1cc2c(cc1Cl)OCCCO2. The maximum atomic E-state index is 12.6. The number of hydrogen-bond acceptors (Lipinski definition) is 5. The number of carbonyl (C=O) groups excluding carboxylic acids is 3. The first-order valence-electron chi connectivity index (χ1n) is 9.52. The number of imide groups is 1. The van der Waals surface area contributed by atoms with Gasteiger partial charge in [-0.3, -0.25) is 14.5 Å². The molecule has 9 heteroatoms. The highest BCUT2D eigenvalue weighted by Crippen LogP contribution is 2.38. The fourth-order valence-corrected chi connectivity index (χ4v) is 4.10. The standard InChI is InChI=1S/C19H22ClN3O5/c20-12-10-14-15(28-9-3-8-27-14)11-13(12)21-16(24)4-7-23-17(25)19(22-18(23)26)5-1-2-6-19/h10-11H,1-9H2,(H,21,24)(H,22,26). The van der Waals surface area contributed by atoms with E-state index >= 15 is 0 Å². The number of hydrogen-bond donors (Lipinski definition) is 2. The number of carbonyl (C=O) groups is 3. The predicted molar refractivity (Wildman–Crippen MR) is 102 cm³/mol. The molecule has 150 valence electrons. The van der Waals surface area contributed by atoms with Gasteiger partial charge in [0.2, 0.25) is 5.91 Å². The molecule has 8 nitrogen and oxygen atoms in total. The lowest BCUT2D eigenvalue weighted by Crippen LogP contribution is -2.44. The Kier molecular flexibility index (Phi) is 5.05. The van der Waals surface area contributed by atoms with Crippen molar-refractivity contribution in [3.05, 3.63) is 17.2 Å². The molecule has 0 aromatic heterocycles. The second-order valence-corrected chi connectivity index (χ2v) is 7.71. The van der Waals surface area contributed by atoms with Crippen LogP contribution in [0.3, 0.4) is 0 Å². The second-order valence-electron chi connectivity index (χ2n) is 7.30. The Hall–Kier alpha value is -2.48. The number of fused-ring (bicyclic) bond motifs is 1. The van der Waals surface area contributed by atoms with Gasteiger partial charge in [-0.2, -0.15) is 0 Å². The second kappa shape index (κ2) is 7.50. The highest BCUT2D eigenvalue weighted by atomic mass is 35.5. The molecule has 0 radical (unpaired) electrons. The van der Waals surface area contributed by atoms with Gasteiger partial charge >= 0.3 is 6.03 Å². The van der Waals surface area contributed by atoms with E-state index in [9.17, 15) is 14.4 Å². The third-order valence-electron chi connectivity index (χ3n) is 5.38. The molecule has 1 saturated heterocycles. The van der Waals surface area contributed by atoms with Gasteiger partial charge in [0, 0.05) is 31.5 Å². The molecular weight excluding hydrogens is 386 g/mol. The Balaban J connectivity index is 1.38. The monoisotopic (exact) mass is 407 g/mol. The van der Waals surface area contributed by atoms with E-state index in [0.29, 0.717) is 48.3 Å². The average Bonchev–Trinajstić information content (AvgIpc) is 3.13. The van der Waals surface area contributed by atoms with Gasteiger partial charge in [-0.05, 0) is 12.8 Å². The van der Waals surface area contributed by atoms with E-state index in [1.54, 1.807) is 12.1 Å². The lowest BCUT2D eigenvalue weighted by Gasteiger charge is -2.20. The molecule has 4 amide bonds. The van der Waals surface area contributed by atoms with Crippen LogP contribution in [-0.2, 0) is 9.59 Å². The molecule has 1 spiro atoms. The normalized spacial score (nSPS) is 20.2. The third-order valence-corrected chi connectivity index (χ3v) is 5.69. The fraction of sp³-hybridized carbons (Fsp3) is 0.526. The molecule has 3 aliphatic rings. The van der Waals surface area contributed by atoms with Gasteiger partial charge in [0.1, 0.15) is 5.54 Å². The van der Waals surface area contributed by atoms with E-state index in [4.69, 9.17) is 21.1 Å². The lowest BCUT2D eigenvalue weighted by atomic mass is 9.98. The van der Waals surface area contributed by atoms with Crippen LogP contribution in [0.1, 0.15) is 38.5 Å². The minimum atomic E-state index is -0.759. The van der Waals surface area contributed by atoms with Crippen LogP contribution in [0, 0.1) is 0 Å². The molecule has 28 heavy (non-hydrogen) atoms. The van der Waals surface area contributed by atoms with E-state index in [2.05, 4.69) is 10.6 Å². The van der Waals surface area contributed by atoms with E-state index in [-0.39, 0.29) is 24.8 Å². The third kappa shape index (κ3) is 3.48. The number of rotatable bonds is 4. The predicted octanol–water partition coefficient (Wildman–Crippen LogP) is 2.69. The van der Waals surface area contributed by atoms with E-state index in [1.807, 2.05) is 0 Å². The largest absolute Gasteiger partial charge is 0.490 e. The number of halogens is 1. The Labute approximate surface area is 167 Å². The number of amides is 4. The van der Waals surface area contributed by atoms with Crippen LogP contribution in [0.4, 0.5) is 10.5 Å². The van der Waals surface area contributed by atoms with Crippen molar-refractivity contribution in [3.63, 3.8) is 0 Å². The van der Waals surface area contributed by atoms with Crippen LogP contribution in [0.25, 0.3) is 0 Å². The first-order chi connectivity index (χ1) is 13.5. The first-order valence-corrected chi connectivity index (χ1v) is 9.89. The summed E-state index contributed by atoms with van der Waals surface area (Å²) in [5.41, 5.74) is -0.356. The summed E-state index contributed by atoms with van der Waals surface area (Å²) in [6.07, 6.45) is 3.91. The zero-order chi connectivity index (χ0) is 19.7. The summed E-state index contributed by atoms with van der Waals surface area (Å²) in [5, 5.41) is 5.86. The molecule has 0 bridgehead atoms. The van der Waals surface area contributed by atoms with Gasteiger partial charge in [0.15, 0.2) is 11.5 Å². The van der Waals surface area contributed by atoms with Crippen molar-refractivity contribution in [2.24, 2.45) is 0 Å². The summed E-state index contributed by atoms with van der Waals surface area (Å²) in [7, 11) is 0. The molecule has 4 rings (SSSR count). The summed E-state index contributed by atoms with van der Waals surface area (Å²) in [6, 6.07) is 2.81. The van der Waals surface area contributed by atoms with Gasteiger partial charge in [-0.25, -0.2) is 4.79 Å². The molecule has 1 aromatic carbocycles. The highest BCUT2D eigenvalue weighted by molar-refractivity contribution is 6.34. The summed E-state index contributed by atoms with van der Waals surface area (Å²) < 4.78 is 11.2. The number of urea groups is 1. The topological polar surface area (TPSA) is 97.0 Å². The molecule has 1 saturated carbocycles. The molecule has 0 unspecified atom stereocenters. The van der Waals surface area contributed by atoms with Gasteiger partial charge < -0.3 is 20.1 Å². The molecule has 2 aliphatic heterocycles. The Morgan fingerprint density at radius 2 is 1.82 bits per heavy atom. The van der Waals surface area contributed by atoms with Crippen molar-refractivity contribution >= 4 is 35.1 Å². The number of benzene rings is 1. The van der Waals surface area contributed by atoms with Gasteiger partial charge in [0.25, 0.3) is 5.91 Å². The van der Waals surface area contributed by atoms with Crippen LogP contribution < -0.4 is 20.1 Å². The first kappa shape index (κ1) is 18.9. The molecule has 2 fully saturated rings. The van der Waals surface area contributed by atoms with Crippen LogP contribution in [0.2, 0.25) is 5.02 Å². The Bertz CT molecular complexity index is 822. The quantitative estimate of drug-likeness (QED) is 0.748. The molecular formula is C19H22ClN3O5. The summed E-state index contributed by atoms with van der Waals surface area (Å²) >= 11 is 6.24. The summed E-state index contributed by atoms with van der Waals surface area (Å²) in [5.74, 6) is 0.497. The Morgan fingerprint density at radius 1 is 1.14 bits per heavy atom. The van der Waals surface area contributed by atoms with E-state index in [0.717, 1.165) is 24.2 Å². The molecule has 2 heterocycles. The van der Waals surface area contributed by atoms with Crippen molar-refractivity contribution in [1.29, 1.82) is 0 Å². The Morgan fingerprint density at radius 3 is 2.54 bits per heavy atom. The smallest absolute Gasteiger partial charge is 0.325 e. The average molecular weight is 408 g/mol. The number of anilines is 1. The van der Waals surface area contributed by atoms with Crippen molar-refractivity contribution in [2.75, 3.05) is 25.1 Å². The van der Waals surface area contributed by atoms with E-state index in [1.165, 1.54) is 0 Å².